The van der Waals surface area contributed by atoms with Crippen LogP contribution in [0.1, 0.15) is 33.5 Å². The van der Waals surface area contributed by atoms with Crippen molar-refractivity contribution in [2.45, 2.75) is 25.4 Å². The highest BCUT2D eigenvalue weighted by Crippen LogP contribution is 2.47. The maximum Gasteiger partial charge on any atom is 0.416 e. The van der Waals surface area contributed by atoms with Gasteiger partial charge in [-0.1, -0.05) is 12.1 Å². The molecular weight excluding hydrogens is 371 g/mol. The lowest BCUT2D eigenvalue weighted by Gasteiger charge is -2.23. The second-order valence-corrected chi connectivity index (χ2v) is 7.32. The van der Waals surface area contributed by atoms with Crippen LogP contribution in [0.5, 0.6) is 0 Å². The van der Waals surface area contributed by atoms with E-state index in [-0.39, 0.29) is 5.91 Å². The fraction of sp³-hybridized carbons (Fsp3) is 0.333. The number of amides is 1. The lowest BCUT2D eigenvalue weighted by molar-refractivity contribution is -0.137. The van der Waals surface area contributed by atoms with Crippen LogP contribution in [0, 0.1) is 5.41 Å². The molecule has 0 bridgehead atoms. The molecule has 1 fully saturated rings. The quantitative estimate of drug-likeness (QED) is 0.729. The van der Waals surface area contributed by atoms with Crippen LogP contribution in [0.15, 0.2) is 42.5 Å². The van der Waals surface area contributed by atoms with Gasteiger partial charge in [0.05, 0.1) is 23.7 Å². The molecule has 146 valence electrons. The molecule has 7 heteroatoms. The molecule has 1 saturated heterocycles. The molecule has 4 rings (SSSR count). The van der Waals surface area contributed by atoms with E-state index in [0.717, 1.165) is 23.3 Å². The van der Waals surface area contributed by atoms with Crippen molar-refractivity contribution in [1.82, 2.24) is 0 Å². The number of halogens is 3. The number of carbonyl (C=O) groups is 2. The van der Waals surface area contributed by atoms with Crippen LogP contribution in [-0.2, 0) is 28.5 Å². The molecule has 0 N–H and O–H groups in total. The highest BCUT2D eigenvalue weighted by atomic mass is 19.4. The molecule has 28 heavy (non-hydrogen) atoms. The Morgan fingerprint density at radius 1 is 1.11 bits per heavy atom. The number of ether oxygens (including phenoxy) is 1. The zero-order valence-corrected chi connectivity index (χ0v) is 15.2. The van der Waals surface area contributed by atoms with Gasteiger partial charge in [0.1, 0.15) is 0 Å². The first-order chi connectivity index (χ1) is 13.2. The number of nitrogens with zero attached hydrogens (tertiary/aromatic N) is 1. The monoisotopic (exact) mass is 389 g/mol. The molecule has 2 aromatic rings. The smallest absolute Gasteiger partial charge is 0.416 e. The van der Waals surface area contributed by atoms with Gasteiger partial charge in [0.25, 0.3) is 0 Å². The highest BCUT2D eigenvalue weighted by molar-refractivity contribution is 6.01. The Morgan fingerprint density at radius 2 is 1.82 bits per heavy atom. The predicted molar refractivity (Wildman–Crippen MR) is 96.0 cm³/mol. The van der Waals surface area contributed by atoms with Gasteiger partial charge in [-0.3, -0.25) is 4.79 Å². The van der Waals surface area contributed by atoms with E-state index in [1.165, 1.54) is 19.2 Å². The van der Waals surface area contributed by atoms with Gasteiger partial charge in [-0.15, -0.1) is 0 Å². The van der Waals surface area contributed by atoms with Crippen LogP contribution in [0.4, 0.5) is 18.9 Å². The third kappa shape index (κ3) is 2.85. The summed E-state index contributed by atoms with van der Waals surface area (Å²) in [5.41, 5.74) is 1.31. The minimum absolute atomic E-state index is 0.112. The van der Waals surface area contributed by atoms with Crippen molar-refractivity contribution in [3.8, 4) is 0 Å². The van der Waals surface area contributed by atoms with Crippen LogP contribution >= 0.6 is 0 Å². The molecule has 4 nitrogen and oxygen atoms in total. The Balaban J connectivity index is 1.61. The summed E-state index contributed by atoms with van der Waals surface area (Å²) in [6.07, 6.45) is -2.87. The molecule has 1 heterocycles. The summed E-state index contributed by atoms with van der Waals surface area (Å²) in [6.45, 7) is 0.436. The number of alkyl halides is 3. The van der Waals surface area contributed by atoms with Crippen molar-refractivity contribution in [2.75, 3.05) is 18.6 Å². The zero-order chi connectivity index (χ0) is 20.1. The number of benzene rings is 2. The lowest BCUT2D eigenvalue weighted by atomic mass is 9.83. The number of fused-ring (bicyclic) bond motifs is 1. The second-order valence-electron chi connectivity index (χ2n) is 7.32. The van der Waals surface area contributed by atoms with Crippen molar-refractivity contribution in [3.63, 3.8) is 0 Å². The molecule has 2 aliphatic rings. The lowest BCUT2D eigenvalue weighted by Crippen LogP contribution is -2.35. The Bertz CT molecular complexity index is 952. The van der Waals surface area contributed by atoms with E-state index in [9.17, 15) is 22.8 Å². The van der Waals surface area contributed by atoms with Crippen molar-refractivity contribution in [3.05, 3.63) is 64.7 Å². The topological polar surface area (TPSA) is 46.6 Å². The first kappa shape index (κ1) is 18.5. The predicted octanol–water partition coefficient (Wildman–Crippen LogP) is 4.01. The molecule has 1 aliphatic carbocycles. The summed E-state index contributed by atoms with van der Waals surface area (Å²) < 4.78 is 43.2. The van der Waals surface area contributed by atoms with Gasteiger partial charge in [0, 0.05) is 12.2 Å². The van der Waals surface area contributed by atoms with E-state index in [1.54, 1.807) is 17.0 Å². The van der Waals surface area contributed by atoms with Gasteiger partial charge in [-0.25, -0.2) is 4.79 Å². The third-order valence-electron chi connectivity index (χ3n) is 5.74. The van der Waals surface area contributed by atoms with Crippen LogP contribution in [0.2, 0.25) is 0 Å². The van der Waals surface area contributed by atoms with Crippen molar-refractivity contribution in [1.29, 1.82) is 0 Å². The second kappa shape index (κ2) is 6.36. The number of rotatable bonds is 2. The van der Waals surface area contributed by atoms with E-state index >= 15 is 0 Å². The minimum Gasteiger partial charge on any atom is -0.465 e. The highest BCUT2D eigenvalue weighted by Gasteiger charge is 2.51. The van der Waals surface area contributed by atoms with Crippen LogP contribution in [-0.4, -0.2) is 25.5 Å². The molecule has 1 atom stereocenters. The summed E-state index contributed by atoms with van der Waals surface area (Å²) >= 11 is 0. The van der Waals surface area contributed by atoms with E-state index in [0.29, 0.717) is 37.1 Å². The summed E-state index contributed by atoms with van der Waals surface area (Å²) in [5.74, 6) is -0.543. The molecule has 1 spiro atoms. The van der Waals surface area contributed by atoms with Gasteiger partial charge < -0.3 is 9.64 Å². The molecule has 0 aromatic heterocycles. The normalized spacial score (nSPS) is 21.3. The molecule has 0 saturated carbocycles. The Morgan fingerprint density at radius 3 is 2.46 bits per heavy atom. The number of hydrogen-bond donors (Lipinski definition) is 0. The van der Waals surface area contributed by atoms with E-state index in [4.69, 9.17) is 4.74 Å². The van der Waals surface area contributed by atoms with Gasteiger partial charge in [-0.05, 0) is 60.7 Å². The number of methoxy groups -OCH3 is 1. The largest absolute Gasteiger partial charge is 0.465 e. The first-order valence-electron chi connectivity index (χ1n) is 8.93. The maximum absolute atomic E-state index is 13.2. The van der Waals surface area contributed by atoms with E-state index in [2.05, 4.69) is 0 Å². The number of hydrogen-bond acceptors (Lipinski definition) is 3. The minimum atomic E-state index is -4.41. The molecule has 1 aliphatic heterocycles. The number of carbonyl (C=O) groups excluding carboxylic acids is 2. The molecule has 0 radical (unpaired) electrons. The van der Waals surface area contributed by atoms with E-state index in [1.807, 2.05) is 6.07 Å². The molecule has 2 aromatic carbocycles. The Hall–Kier alpha value is -2.83. The Kier molecular flexibility index (Phi) is 4.21. The number of anilines is 1. The fourth-order valence-corrected chi connectivity index (χ4v) is 4.30. The maximum atomic E-state index is 13.2. The van der Waals surface area contributed by atoms with E-state index < -0.39 is 23.1 Å². The SMILES string of the molecule is COC(=O)c1cccc2c1CC1(CCN(c3ccc(C(F)(F)F)cc3)C1=O)C2. The average molecular weight is 389 g/mol. The molecular formula is C21H18F3NO3. The van der Waals surface area contributed by atoms with Gasteiger partial charge in [0.15, 0.2) is 0 Å². The average Bonchev–Trinajstić information content (AvgIpc) is 3.21. The van der Waals surface area contributed by atoms with Crippen molar-refractivity contribution in [2.24, 2.45) is 5.41 Å². The molecule has 1 amide bonds. The van der Waals surface area contributed by atoms with Gasteiger partial charge in [-0.2, -0.15) is 13.2 Å². The summed E-state index contributed by atoms with van der Waals surface area (Å²) in [7, 11) is 1.32. The van der Waals surface area contributed by atoms with Crippen molar-refractivity contribution >= 4 is 17.6 Å². The fourth-order valence-electron chi connectivity index (χ4n) is 4.30. The van der Waals surface area contributed by atoms with Crippen molar-refractivity contribution < 1.29 is 27.5 Å². The summed E-state index contributed by atoms with van der Waals surface area (Å²) in [4.78, 5) is 26.8. The van der Waals surface area contributed by atoms with Crippen LogP contribution in [0.3, 0.4) is 0 Å². The Labute approximate surface area is 159 Å². The zero-order valence-electron chi connectivity index (χ0n) is 15.2. The van der Waals surface area contributed by atoms with Crippen LogP contribution in [0.25, 0.3) is 0 Å². The summed E-state index contributed by atoms with van der Waals surface area (Å²) in [6, 6.07) is 10.0. The van der Waals surface area contributed by atoms with Crippen LogP contribution < -0.4 is 4.90 Å². The summed E-state index contributed by atoms with van der Waals surface area (Å²) in [5, 5.41) is 0. The number of esters is 1. The molecule has 1 unspecified atom stereocenters. The third-order valence-corrected chi connectivity index (χ3v) is 5.74. The van der Waals surface area contributed by atoms with Gasteiger partial charge >= 0.3 is 12.1 Å². The standard InChI is InChI=1S/C21H18F3NO3/c1-28-18(26)16-4-2-3-13-11-20(12-17(13)16)9-10-25(19(20)27)15-7-5-14(6-8-15)21(22,23)24/h2-8H,9-12H2,1H3. The van der Waals surface area contributed by atoms with Gasteiger partial charge in [0.2, 0.25) is 5.91 Å². The first-order valence-corrected chi connectivity index (χ1v) is 8.93.